The van der Waals surface area contributed by atoms with Crippen molar-refractivity contribution in [3.05, 3.63) is 0 Å². The summed E-state index contributed by atoms with van der Waals surface area (Å²) in [6.07, 6.45) is 1.94. The van der Waals surface area contributed by atoms with Gasteiger partial charge in [-0.05, 0) is 29.6 Å². The minimum absolute atomic E-state index is 0.0213. The molecule has 0 amide bonds. The summed E-state index contributed by atoms with van der Waals surface area (Å²) >= 11 is 0. The molecule has 1 saturated heterocycles. The molecule has 2 fully saturated rings. The van der Waals surface area contributed by atoms with Gasteiger partial charge in [0.2, 0.25) is 0 Å². The highest BCUT2D eigenvalue weighted by Crippen LogP contribution is 2.53. The van der Waals surface area contributed by atoms with Crippen LogP contribution >= 0.6 is 0 Å². The Morgan fingerprint density at radius 2 is 1.94 bits per heavy atom. The van der Waals surface area contributed by atoms with E-state index in [-0.39, 0.29) is 12.1 Å². The van der Waals surface area contributed by atoms with Crippen LogP contribution in [0.5, 0.6) is 0 Å². The molecule has 1 aliphatic heterocycles. The number of fused-ring (bicyclic) bond motifs is 1. The van der Waals surface area contributed by atoms with Crippen LogP contribution in [-0.2, 0) is 9.53 Å². The lowest BCUT2D eigenvalue weighted by atomic mass is 9.69. The van der Waals surface area contributed by atoms with Gasteiger partial charge in [0.25, 0.3) is 0 Å². The number of carbonyl (C=O) groups is 1. The molecule has 0 N–H and O–H groups in total. The molecular formula is C14H24O2. The summed E-state index contributed by atoms with van der Waals surface area (Å²) in [4.78, 5) is 11.4. The van der Waals surface area contributed by atoms with Crippen LogP contribution in [0.25, 0.3) is 0 Å². The van der Waals surface area contributed by atoms with E-state index < -0.39 is 0 Å². The third-order valence-electron chi connectivity index (χ3n) is 4.49. The highest BCUT2D eigenvalue weighted by Gasteiger charge is 2.53. The number of hydrogen-bond donors (Lipinski definition) is 0. The second kappa shape index (κ2) is 3.75. The molecule has 16 heavy (non-hydrogen) atoms. The summed E-state index contributed by atoms with van der Waals surface area (Å²) < 4.78 is 5.45. The summed E-state index contributed by atoms with van der Waals surface area (Å²) in [6, 6.07) is 0. The fourth-order valence-corrected chi connectivity index (χ4v) is 3.83. The first-order valence-corrected chi connectivity index (χ1v) is 6.50. The Kier molecular flexibility index (Phi) is 2.80. The van der Waals surface area contributed by atoms with E-state index in [4.69, 9.17) is 4.74 Å². The maximum Gasteiger partial charge on any atom is 0.306 e. The second-order valence-electron chi connectivity index (χ2n) is 6.93. The highest BCUT2D eigenvalue weighted by molar-refractivity contribution is 5.72. The van der Waals surface area contributed by atoms with Gasteiger partial charge in [0.1, 0.15) is 6.10 Å². The van der Waals surface area contributed by atoms with Gasteiger partial charge in [-0.1, -0.05) is 34.6 Å². The molecule has 0 spiro atoms. The average molecular weight is 224 g/mol. The maximum atomic E-state index is 11.4. The van der Waals surface area contributed by atoms with Crippen LogP contribution in [0.2, 0.25) is 0 Å². The van der Waals surface area contributed by atoms with Crippen molar-refractivity contribution in [2.24, 2.45) is 29.1 Å². The number of ether oxygens (including phenoxy) is 1. The van der Waals surface area contributed by atoms with Crippen LogP contribution in [0.3, 0.4) is 0 Å². The predicted molar refractivity (Wildman–Crippen MR) is 63.9 cm³/mol. The Balaban J connectivity index is 2.22. The lowest BCUT2D eigenvalue weighted by Gasteiger charge is -2.36. The summed E-state index contributed by atoms with van der Waals surface area (Å²) in [5, 5.41) is 0. The number of rotatable bonds is 1. The van der Waals surface area contributed by atoms with Crippen molar-refractivity contribution in [2.45, 2.75) is 53.6 Å². The normalized spacial score (nSPS) is 39.0. The topological polar surface area (TPSA) is 26.3 Å². The largest absolute Gasteiger partial charge is 0.462 e. The Morgan fingerprint density at radius 1 is 1.31 bits per heavy atom. The van der Waals surface area contributed by atoms with E-state index in [0.29, 0.717) is 35.5 Å². The monoisotopic (exact) mass is 224 g/mol. The molecule has 0 aromatic heterocycles. The Morgan fingerprint density at radius 3 is 2.44 bits per heavy atom. The van der Waals surface area contributed by atoms with Gasteiger partial charge in [0.05, 0.1) is 6.42 Å². The smallest absolute Gasteiger partial charge is 0.306 e. The summed E-state index contributed by atoms with van der Waals surface area (Å²) in [5.41, 5.74) is 0.325. The standard InChI is InChI=1S/C14H24O2/c1-8(2)13-9-6-12(15)16-11(9)7-10(13)14(3,4)5/h8-11,13H,6-7H2,1-5H3. The molecule has 1 heterocycles. The van der Waals surface area contributed by atoms with E-state index in [2.05, 4.69) is 34.6 Å². The van der Waals surface area contributed by atoms with E-state index >= 15 is 0 Å². The van der Waals surface area contributed by atoms with Gasteiger partial charge in [-0.3, -0.25) is 4.79 Å². The van der Waals surface area contributed by atoms with Gasteiger partial charge in [0.15, 0.2) is 0 Å². The van der Waals surface area contributed by atoms with Gasteiger partial charge in [-0.15, -0.1) is 0 Å². The van der Waals surface area contributed by atoms with Crippen LogP contribution in [-0.4, -0.2) is 12.1 Å². The zero-order chi connectivity index (χ0) is 12.1. The van der Waals surface area contributed by atoms with Gasteiger partial charge in [0, 0.05) is 5.92 Å². The molecular weight excluding hydrogens is 200 g/mol. The fourth-order valence-electron chi connectivity index (χ4n) is 3.83. The van der Waals surface area contributed by atoms with Crippen molar-refractivity contribution in [1.82, 2.24) is 0 Å². The van der Waals surface area contributed by atoms with Crippen LogP contribution in [0.1, 0.15) is 47.5 Å². The first-order valence-electron chi connectivity index (χ1n) is 6.50. The molecule has 4 atom stereocenters. The van der Waals surface area contributed by atoms with Crippen molar-refractivity contribution in [3.63, 3.8) is 0 Å². The molecule has 0 aromatic carbocycles. The summed E-state index contributed by atoms with van der Waals surface area (Å²) in [7, 11) is 0. The fraction of sp³-hybridized carbons (Fsp3) is 0.929. The minimum atomic E-state index is 0.0213. The van der Waals surface area contributed by atoms with Gasteiger partial charge < -0.3 is 4.74 Å². The van der Waals surface area contributed by atoms with E-state index in [1.807, 2.05) is 0 Å². The zero-order valence-corrected chi connectivity index (χ0v) is 11.1. The van der Waals surface area contributed by atoms with E-state index in [1.54, 1.807) is 0 Å². The van der Waals surface area contributed by atoms with Crippen molar-refractivity contribution in [1.29, 1.82) is 0 Å². The predicted octanol–water partition coefficient (Wildman–Crippen LogP) is 3.26. The first kappa shape index (κ1) is 11.9. The quantitative estimate of drug-likeness (QED) is 0.639. The summed E-state index contributed by atoms with van der Waals surface area (Å²) in [5.74, 6) is 2.49. The minimum Gasteiger partial charge on any atom is -0.462 e. The molecule has 92 valence electrons. The van der Waals surface area contributed by atoms with Crippen LogP contribution in [0, 0.1) is 29.1 Å². The van der Waals surface area contributed by atoms with Gasteiger partial charge in [-0.25, -0.2) is 0 Å². The molecule has 2 rings (SSSR count). The maximum absolute atomic E-state index is 11.4. The number of hydrogen-bond acceptors (Lipinski definition) is 2. The van der Waals surface area contributed by atoms with Crippen molar-refractivity contribution < 1.29 is 9.53 Å². The van der Waals surface area contributed by atoms with E-state index in [0.717, 1.165) is 6.42 Å². The molecule has 0 aromatic rings. The molecule has 4 unspecified atom stereocenters. The highest BCUT2D eigenvalue weighted by atomic mass is 16.6. The van der Waals surface area contributed by atoms with Crippen molar-refractivity contribution in [2.75, 3.05) is 0 Å². The molecule has 0 radical (unpaired) electrons. The number of esters is 1. The number of carbonyl (C=O) groups excluding carboxylic acids is 1. The lowest BCUT2D eigenvalue weighted by Crippen LogP contribution is -2.30. The third-order valence-corrected chi connectivity index (χ3v) is 4.49. The Labute approximate surface area is 98.7 Å². The van der Waals surface area contributed by atoms with E-state index in [1.165, 1.54) is 0 Å². The lowest BCUT2D eigenvalue weighted by molar-refractivity contribution is -0.141. The zero-order valence-electron chi connectivity index (χ0n) is 11.1. The van der Waals surface area contributed by atoms with Gasteiger partial charge >= 0.3 is 5.97 Å². The van der Waals surface area contributed by atoms with Crippen LogP contribution in [0.4, 0.5) is 0 Å². The van der Waals surface area contributed by atoms with E-state index in [9.17, 15) is 4.79 Å². The third kappa shape index (κ3) is 1.87. The SMILES string of the molecule is CC(C)C1C2CC(=O)OC2CC1C(C)(C)C. The molecule has 2 nitrogen and oxygen atoms in total. The molecule has 2 aliphatic rings. The van der Waals surface area contributed by atoms with Crippen LogP contribution in [0.15, 0.2) is 0 Å². The molecule has 1 aliphatic carbocycles. The Bertz CT molecular complexity index is 288. The molecule has 1 saturated carbocycles. The van der Waals surface area contributed by atoms with Crippen molar-refractivity contribution >= 4 is 5.97 Å². The first-order chi connectivity index (χ1) is 7.30. The Hall–Kier alpha value is -0.530. The van der Waals surface area contributed by atoms with Crippen LogP contribution < -0.4 is 0 Å². The molecule has 0 bridgehead atoms. The van der Waals surface area contributed by atoms with Crippen molar-refractivity contribution in [3.8, 4) is 0 Å². The molecule has 2 heteroatoms. The average Bonchev–Trinajstić information content (AvgIpc) is 2.56. The second-order valence-corrected chi connectivity index (χ2v) is 6.93. The van der Waals surface area contributed by atoms with Gasteiger partial charge in [-0.2, -0.15) is 0 Å². The summed E-state index contributed by atoms with van der Waals surface area (Å²) in [6.45, 7) is 11.5.